The van der Waals surface area contributed by atoms with Crippen molar-refractivity contribution in [1.82, 2.24) is 4.98 Å². The predicted octanol–water partition coefficient (Wildman–Crippen LogP) is 4.70. The number of nitrogens with one attached hydrogen (secondary N) is 2. The molecule has 8 heteroatoms. The van der Waals surface area contributed by atoms with Crippen LogP contribution >= 0.6 is 0 Å². The molecule has 3 aromatic rings. The van der Waals surface area contributed by atoms with Crippen LogP contribution < -0.4 is 10.6 Å². The first kappa shape index (κ1) is 19.1. The third kappa shape index (κ3) is 4.17. The number of carbonyl (C=O) groups excluding carboxylic acids is 2. The molecular weight excluding hydrogens is 371 g/mol. The number of carbonyl (C=O) groups is 2. The van der Waals surface area contributed by atoms with Crippen LogP contribution in [0.15, 0.2) is 54.7 Å². The van der Waals surface area contributed by atoms with Crippen LogP contribution in [0.2, 0.25) is 0 Å². The van der Waals surface area contributed by atoms with Gasteiger partial charge in [0.05, 0.1) is 17.4 Å². The van der Waals surface area contributed by atoms with Crippen molar-refractivity contribution in [3.8, 4) is 0 Å². The topological polar surface area (TPSA) is 71.1 Å². The van der Waals surface area contributed by atoms with Crippen molar-refractivity contribution >= 4 is 28.9 Å². The summed E-state index contributed by atoms with van der Waals surface area (Å²) >= 11 is 0. The highest BCUT2D eigenvalue weighted by atomic mass is 19.2. The molecule has 0 aliphatic carbocycles. The zero-order valence-electron chi connectivity index (χ0n) is 14.6. The number of Topliss-reactive ketones (excluding diaryl/α,β-unsaturated/α-hetero) is 1. The van der Waals surface area contributed by atoms with E-state index in [2.05, 4.69) is 15.6 Å². The van der Waals surface area contributed by atoms with Crippen molar-refractivity contribution in [3.63, 3.8) is 0 Å². The molecule has 0 saturated heterocycles. The summed E-state index contributed by atoms with van der Waals surface area (Å²) in [6, 6.07) is 11.4. The maximum absolute atomic E-state index is 13.7. The van der Waals surface area contributed by atoms with Gasteiger partial charge in [-0.1, -0.05) is 0 Å². The lowest BCUT2D eigenvalue weighted by atomic mass is 10.1. The summed E-state index contributed by atoms with van der Waals surface area (Å²) in [5.74, 6) is -5.54. The fraction of sp³-hybridized carbons (Fsp3) is 0.0500. The number of halogens is 3. The predicted molar refractivity (Wildman–Crippen MR) is 98.2 cm³/mol. The first-order valence-electron chi connectivity index (χ1n) is 8.14. The molecular formula is C20H14F3N3O2. The van der Waals surface area contributed by atoms with Gasteiger partial charge in [-0.05, 0) is 55.5 Å². The van der Waals surface area contributed by atoms with E-state index < -0.39 is 28.9 Å². The minimum Gasteiger partial charge on any atom is -0.354 e. The molecule has 0 spiro atoms. The number of benzene rings is 2. The van der Waals surface area contributed by atoms with Crippen LogP contribution in [0.4, 0.5) is 30.4 Å². The SMILES string of the molecule is CC(=O)c1ccc(Nc2ccc(NC(=O)c3ccc(F)c(F)c3F)nc2)cc1. The lowest BCUT2D eigenvalue weighted by Gasteiger charge is -2.09. The summed E-state index contributed by atoms with van der Waals surface area (Å²) in [6.45, 7) is 1.48. The number of aromatic nitrogens is 1. The second-order valence-corrected chi connectivity index (χ2v) is 5.87. The summed E-state index contributed by atoms with van der Waals surface area (Å²) in [7, 11) is 0. The third-order valence-electron chi connectivity index (χ3n) is 3.86. The van der Waals surface area contributed by atoms with Crippen LogP contribution in [-0.2, 0) is 0 Å². The van der Waals surface area contributed by atoms with Crippen LogP contribution in [-0.4, -0.2) is 16.7 Å². The summed E-state index contributed by atoms with van der Waals surface area (Å²) < 4.78 is 39.9. The number of hydrogen-bond donors (Lipinski definition) is 2. The van der Waals surface area contributed by atoms with Gasteiger partial charge in [-0.2, -0.15) is 0 Å². The van der Waals surface area contributed by atoms with E-state index >= 15 is 0 Å². The molecule has 0 aliphatic heterocycles. The van der Waals surface area contributed by atoms with Crippen LogP contribution in [0.3, 0.4) is 0 Å². The van der Waals surface area contributed by atoms with Crippen LogP contribution in [0.5, 0.6) is 0 Å². The Morgan fingerprint density at radius 1 is 0.857 bits per heavy atom. The zero-order chi connectivity index (χ0) is 20.3. The highest BCUT2D eigenvalue weighted by molar-refractivity contribution is 6.04. The number of nitrogens with zero attached hydrogens (tertiary/aromatic N) is 1. The Morgan fingerprint density at radius 3 is 2.14 bits per heavy atom. The maximum atomic E-state index is 13.7. The maximum Gasteiger partial charge on any atom is 0.259 e. The summed E-state index contributed by atoms with van der Waals surface area (Å²) in [4.78, 5) is 27.3. The molecule has 1 heterocycles. The van der Waals surface area contributed by atoms with E-state index in [-0.39, 0.29) is 11.6 Å². The average molecular weight is 385 g/mol. The van der Waals surface area contributed by atoms with Crippen molar-refractivity contribution in [2.45, 2.75) is 6.92 Å². The van der Waals surface area contributed by atoms with Gasteiger partial charge in [-0.3, -0.25) is 9.59 Å². The van der Waals surface area contributed by atoms with Gasteiger partial charge in [-0.25, -0.2) is 18.2 Å². The van der Waals surface area contributed by atoms with Crippen molar-refractivity contribution in [1.29, 1.82) is 0 Å². The van der Waals surface area contributed by atoms with E-state index in [1.54, 1.807) is 30.3 Å². The fourth-order valence-electron chi connectivity index (χ4n) is 2.38. The molecule has 142 valence electrons. The molecule has 0 fully saturated rings. The molecule has 2 aromatic carbocycles. The molecule has 3 rings (SSSR count). The van der Waals surface area contributed by atoms with Gasteiger partial charge in [0.1, 0.15) is 5.82 Å². The van der Waals surface area contributed by atoms with Gasteiger partial charge in [-0.15, -0.1) is 0 Å². The van der Waals surface area contributed by atoms with Gasteiger partial charge in [0, 0.05) is 11.3 Å². The van der Waals surface area contributed by atoms with E-state index in [0.29, 0.717) is 17.3 Å². The number of amides is 1. The standard InChI is InChI=1S/C20H14F3N3O2/c1-11(27)12-2-4-13(5-3-12)25-14-6-9-17(24-10-14)26-20(28)15-7-8-16(21)19(23)18(15)22/h2-10,25H,1H3,(H,24,26,28). The second kappa shape index (κ2) is 7.91. The largest absolute Gasteiger partial charge is 0.354 e. The highest BCUT2D eigenvalue weighted by Crippen LogP contribution is 2.19. The molecule has 1 aromatic heterocycles. The Hall–Kier alpha value is -3.68. The highest BCUT2D eigenvalue weighted by Gasteiger charge is 2.19. The van der Waals surface area contributed by atoms with E-state index in [1.165, 1.54) is 19.2 Å². The first-order chi connectivity index (χ1) is 13.3. The smallest absolute Gasteiger partial charge is 0.259 e. The molecule has 2 N–H and O–H groups in total. The van der Waals surface area contributed by atoms with E-state index in [4.69, 9.17) is 0 Å². The lowest BCUT2D eigenvalue weighted by molar-refractivity contribution is 0.101. The molecule has 0 aliphatic rings. The van der Waals surface area contributed by atoms with E-state index in [1.807, 2.05) is 0 Å². The molecule has 0 atom stereocenters. The summed E-state index contributed by atoms with van der Waals surface area (Å²) in [6.07, 6.45) is 1.43. The minimum absolute atomic E-state index is 0.0363. The molecule has 1 amide bonds. The van der Waals surface area contributed by atoms with Crippen molar-refractivity contribution in [2.24, 2.45) is 0 Å². The normalized spacial score (nSPS) is 10.4. The van der Waals surface area contributed by atoms with Gasteiger partial charge in [0.15, 0.2) is 23.2 Å². The van der Waals surface area contributed by atoms with Gasteiger partial charge in [0.25, 0.3) is 5.91 Å². The Balaban J connectivity index is 1.68. The first-order valence-corrected chi connectivity index (χ1v) is 8.14. The van der Waals surface area contributed by atoms with Crippen LogP contribution in [0.1, 0.15) is 27.6 Å². The average Bonchev–Trinajstić information content (AvgIpc) is 2.68. The summed E-state index contributed by atoms with van der Waals surface area (Å²) in [5, 5.41) is 5.38. The van der Waals surface area contributed by atoms with Crippen molar-refractivity contribution in [3.05, 3.63) is 83.3 Å². The Kier molecular flexibility index (Phi) is 5.39. The fourth-order valence-corrected chi connectivity index (χ4v) is 2.38. The Bertz CT molecular complexity index is 1040. The van der Waals surface area contributed by atoms with E-state index in [0.717, 1.165) is 11.8 Å². The third-order valence-corrected chi connectivity index (χ3v) is 3.86. The minimum atomic E-state index is -1.71. The number of anilines is 3. The lowest BCUT2D eigenvalue weighted by Crippen LogP contribution is -2.16. The molecule has 0 unspecified atom stereocenters. The Labute approximate surface area is 158 Å². The van der Waals surface area contributed by atoms with Gasteiger partial charge < -0.3 is 10.6 Å². The van der Waals surface area contributed by atoms with Crippen molar-refractivity contribution in [2.75, 3.05) is 10.6 Å². The number of rotatable bonds is 5. The van der Waals surface area contributed by atoms with E-state index in [9.17, 15) is 22.8 Å². The molecule has 5 nitrogen and oxygen atoms in total. The molecule has 28 heavy (non-hydrogen) atoms. The molecule has 0 radical (unpaired) electrons. The number of hydrogen-bond acceptors (Lipinski definition) is 4. The second-order valence-electron chi connectivity index (χ2n) is 5.87. The van der Waals surface area contributed by atoms with Gasteiger partial charge in [0.2, 0.25) is 0 Å². The number of pyridine rings is 1. The van der Waals surface area contributed by atoms with Crippen LogP contribution in [0.25, 0.3) is 0 Å². The molecule has 0 bridgehead atoms. The van der Waals surface area contributed by atoms with Crippen LogP contribution in [0, 0.1) is 17.5 Å². The monoisotopic (exact) mass is 385 g/mol. The summed E-state index contributed by atoms with van der Waals surface area (Å²) in [5.41, 5.74) is 1.29. The molecule has 0 saturated carbocycles. The Morgan fingerprint density at radius 2 is 1.54 bits per heavy atom. The number of ketones is 1. The van der Waals surface area contributed by atoms with Crippen molar-refractivity contribution < 1.29 is 22.8 Å². The van der Waals surface area contributed by atoms with Gasteiger partial charge >= 0.3 is 0 Å². The zero-order valence-corrected chi connectivity index (χ0v) is 14.6. The quantitative estimate of drug-likeness (QED) is 0.493.